The van der Waals surface area contributed by atoms with E-state index in [9.17, 15) is 0 Å². The molecule has 84 valence electrons. The van der Waals surface area contributed by atoms with E-state index < -0.39 is 0 Å². The van der Waals surface area contributed by atoms with Crippen LogP contribution in [-0.2, 0) is 12.8 Å². The number of nitrogens with one attached hydrogen (secondary N) is 1. The molecule has 1 atom stereocenters. The summed E-state index contributed by atoms with van der Waals surface area (Å²) in [6.07, 6.45) is 6.43. The highest BCUT2D eigenvalue weighted by Crippen LogP contribution is 2.28. The van der Waals surface area contributed by atoms with Crippen LogP contribution in [0, 0.1) is 0 Å². The van der Waals surface area contributed by atoms with E-state index in [-0.39, 0.29) is 0 Å². The van der Waals surface area contributed by atoms with Crippen LogP contribution in [0.3, 0.4) is 0 Å². The molecule has 1 aromatic heterocycles. The van der Waals surface area contributed by atoms with Gasteiger partial charge in [0.25, 0.3) is 0 Å². The number of aromatic nitrogens is 1. The Hall–Kier alpha value is -0.480. The molecule has 3 nitrogen and oxygen atoms in total. The molecule has 0 aromatic carbocycles. The molecule has 1 N–H and O–H groups in total. The predicted octanol–water partition coefficient (Wildman–Crippen LogP) is 1.87. The molecule has 4 heteroatoms. The first-order chi connectivity index (χ1) is 7.38. The van der Waals surface area contributed by atoms with Gasteiger partial charge in [-0.15, -0.1) is 0 Å². The van der Waals surface area contributed by atoms with Gasteiger partial charge >= 0.3 is 0 Å². The molecule has 1 saturated heterocycles. The molecule has 0 radical (unpaired) electrons. The van der Waals surface area contributed by atoms with Crippen molar-refractivity contribution in [2.24, 2.45) is 0 Å². The molecule has 2 rings (SSSR count). The Morgan fingerprint density at radius 1 is 1.67 bits per heavy atom. The topological polar surface area (TPSA) is 38.1 Å². The average molecular weight is 226 g/mol. The number of oxazole rings is 1. The van der Waals surface area contributed by atoms with Crippen molar-refractivity contribution in [1.82, 2.24) is 10.3 Å². The van der Waals surface area contributed by atoms with E-state index in [1.165, 1.54) is 18.6 Å². The lowest BCUT2D eigenvalue weighted by molar-refractivity contribution is 0.488. The minimum absolute atomic E-state index is 0.737. The Bertz CT molecular complexity index is 295. The first-order valence-electron chi connectivity index (χ1n) is 5.58. The standard InChI is InChI=1S/C11H18N2OS/c1-12-5-4-9-8-14-11(13-9)7-10-3-2-6-15-10/h8,10,12H,2-7H2,1H3. The second-order valence-electron chi connectivity index (χ2n) is 3.93. The van der Waals surface area contributed by atoms with E-state index in [0.717, 1.165) is 36.2 Å². The van der Waals surface area contributed by atoms with Crippen LogP contribution in [0.15, 0.2) is 10.7 Å². The van der Waals surface area contributed by atoms with Crippen molar-refractivity contribution in [3.8, 4) is 0 Å². The Kier molecular flexibility index (Phi) is 4.09. The summed E-state index contributed by atoms with van der Waals surface area (Å²) in [5, 5.41) is 3.85. The number of hydrogen-bond donors (Lipinski definition) is 1. The van der Waals surface area contributed by atoms with E-state index in [1.807, 2.05) is 7.05 Å². The molecule has 0 saturated carbocycles. The maximum atomic E-state index is 5.47. The van der Waals surface area contributed by atoms with Crippen LogP contribution in [0.25, 0.3) is 0 Å². The molecule has 1 aliphatic rings. The van der Waals surface area contributed by atoms with Gasteiger partial charge in [-0.25, -0.2) is 4.98 Å². The monoisotopic (exact) mass is 226 g/mol. The van der Waals surface area contributed by atoms with E-state index >= 15 is 0 Å². The van der Waals surface area contributed by atoms with Gasteiger partial charge in [0.15, 0.2) is 5.89 Å². The fourth-order valence-corrected chi connectivity index (χ4v) is 3.07. The van der Waals surface area contributed by atoms with Gasteiger partial charge in [0, 0.05) is 24.6 Å². The second kappa shape index (κ2) is 5.56. The Morgan fingerprint density at radius 2 is 2.60 bits per heavy atom. The van der Waals surface area contributed by atoms with E-state index in [4.69, 9.17) is 4.42 Å². The largest absolute Gasteiger partial charge is 0.449 e. The molecular weight excluding hydrogens is 208 g/mol. The summed E-state index contributed by atoms with van der Waals surface area (Å²) in [6.45, 7) is 0.962. The minimum Gasteiger partial charge on any atom is -0.449 e. The maximum absolute atomic E-state index is 5.47. The Labute approximate surface area is 95.0 Å². The highest BCUT2D eigenvalue weighted by atomic mass is 32.2. The van der Waals surface area contributed by atoms with Crippen LogP contribution in [0.1, 0.15) is 24.4 Å². The van der Waals surface area contributed by atoms with Crippen LogP contribution in [0.5, 0.6) is 0 Å². The summed E-state index contributed by atoms with van der Waals surface area (Å²) in [4.78, 5) is 4.49. The summed E-state index contributed by atoms with van der Waals surface area (Å²) in [7, 11) is 1.95. The van der Waals surface area contributed by atoms with Crippen molar-refractivity contribution in [2.75, 3.05) is 19.3 Å². The van der Waals surface area contributed by atoms with Crippen molar-refractivity contribution < 1.29 is 4.42 Å². The van der Waals surface area contributed by atoms with Crippen LogP contribution in [-0.4, -0.2) is 29.6 Å². The van der Waals surface area contributed by atoms with Gasteiger partial charge in [-0.1, -0.05) is 0 Å². The van der Waals surface area contributed by atoms with E-state index in [1.54, 1.807) is 6.26 Å². The van der Waals surface area contributed by atoms with Gasteiger partial charge < -0.3 is 9.73 Å². The smallest absolute Gasteiger partial charge is 0.195 e. The fourth-order valence-electron chi connectivity index (χ4n) is 1.81. The Morgan fingerprint density at radius 3 is 3.33 bits per heavy atom. The van der Waals surface area contributed by atoms with Crippen LogP contribution in [0.2, 0.25) is 0 Å². The molecule has 2 heterocycles. The summed E-state index contributed by atoms with van der Waals surface area (Å²) in [6, 6.07) is 0. The van der Waals surface area contributed by atoms with Gasteiger partial charge in [0.05, 0.1) is 5.69 Å². The molecular formula is C11H18N2OS. The van der Waals surface area contributed by atoms with Crippen molar-refractivity contribution in [2.45, 2.75) is 30.9 Å². The van der Waals surface area contributed by atoms with Gasteiger partial charge in [-0.2, -0.15) is 11.8 Å². The van der Waals surface area contributed by atoms with E-state index in [2.05, 4.69) is 22.1 Å². The fraction of sp³-hybridized carbons (Fsp3) is 0.727. The zero-order valence-electron chi connectivity index (χ0n) is 9.16. The molecule has 1 unspecified atom stereocenters. The lowest BCUT2D eigenvalue weighted by Gasteiger charge is -2.03. The van der Waals surface area contributed by atoms with Crippen molar-refractivity contribution >= 4 is 11.8 Å². The number of likely N-dealkylation sites (N-methyl/N-ethyl adjacent to an activating group) is 1. The normalized spacial score (nSPS) is 21.0. The molecule has 1 aliphatic heterocycles. The third kappa shape index (κ3) is 3.24. The van der Waals surface area contributed by atoms with Crippen molar-refractivity contribution in [3.05, 3.63) is 17.8 Å². The second-order valence-corrected chi connectivity index (χ2v) is 5.33. The molecule has 0 bridgehead atoms. The van der Waals surface area contributed by atoms with Gasteiger partial charge in [-0.05, 0) is 25.6 Å². The van der Waals surface area contributed by atoms with Crippen molar-refractivity contribution in [3.63, 3.8) is 0 Å². The highest BCUT2D eigenvalue weighted by Gasteiger charge is 2.18. The highest BCUT2D eigenvalue weighted by molar-refractivity contribution is 8.00. The SMILES string of the molecule is CNCCc1coc(CC2CCCS2)n1. The average Bonchev–Trinajstić information content (AvgIpc) is 2.87. The summed E-state index contributed by atoms with van der Waals surface area (Å²) < 4.78 is 5.47. The zero-order valence-corrected chi connectivity index (χ0v) is 9.98. The molecule has 0 amide bonds. The number of hydrogen-bond acceptors (Lipinski definition) is 4. The lowest BCUT2D eigenvalue weighted by atomic mass is 10.2. The molecule has 0 spiro atoms. The van der Waals surface area contributed by atoms with Crippen LogP contribution < -0.4 is 5.32 Å². The van der Waals surface area contributed by atoms with E-state index in [0.29, 0.717) is 0 Å². The van der Waals surface area contributed by atoms with Crippen LogP contribution >= 0.6 is 11.8 Å². The summed E-state index contributed by atoms with van der Waals surface area (Å²) in [5.74, 6) is 2.22. The van der Waals surface area contributed by atoms with Gasteiger partial charge in [0.2, 0.25) is 0 Å². The quantitative estimate of drug-likeness (QED) is 0.832. The molecule has 0 aliphatic carbocycles. The number of thioether (sulfide) groups is 1. The van der Waals surface area contributed by atoms with Crippen LogP contribution in [0.4, 0.5) is 0 Å². The lowest BCUT2D eigenvalue weighted by Crippen LogP contribution is -2.10. The molecule has 1 fully saturated rings. The molecule has 1 aromatic rings. The summed E-state index contributed by atoms with van der Waals surface area (Å²) >= 11 is 2.05. The summed E-state index contributed by atoms with van der Waals surface area (Å²) in [5.41, 5.74) is 1.07. The number of nitrogens with zero attached hydrogens (tertiary/aromatic N) is 1. The van der Waals surface area contributed by atoms with Gasteiger partial charge in [-0.3, -0.25) is 0 Å². The number of rotatable bonds is 5. The predicted molar refractivity (Wildman–Crippen MR) is 63.3 cm³/mol. The van der Waals surface area contributed by atoms with Crippen molar-refractivity contribution in [1.29, 1.82) is 0 Å². The maximum Gasteiger partial charge on any atom is 0.195 e. The first-order valence-corrected chi connectivity index (χ1v) is 6.63. The Balaban J connectivity index is 1.83. The molecule has 15 heavy (non-hydrogen) atoms. The minimum atomic E-state index is 0.737. The zero-order chi connectivity index (χ0) is 10.5. The van der Waals surface area contributed by atoms with Gasteiger partial charge in [0.1, 0.15) is 6.26 Å². The third-order valence-corrected chi connectivity index (χ3v) is 4.05. The third-order valence-electron chi connectivity index (χ3n) is 2.66. The first kappa shape index (κ1) is 11.0.